The third-order valence-electron chi connectivity index (χ3n) is 5.10. The first kappa shape index (κ1) is 25.0. The highest BCUT2D eigenvalue weighted by atomic mass is 32.2. The molecule has 0 radical (unpaired) electrons. The van der Waals surface area contributed by atoms with Gasteiger partial charge in [-0.15, -0.1) is 0 Å². The zero-order valence-electron chi connectivity index (χ0n) is 19.1. The Balaban J connectivity index is 1.85. The molecule has 3 rings (SSSR count). The van der Waals surface area contributed by atoms with Gasteiger partial charge in [0.05, 0.1) is 16.0 Å². The predicted octanol–water partition coefficient (Wildman–Crippen LogP) is 4.72. The van der Waals surface area contributed by atoms with Gasteiger partial charge in [0.1, 0.15) is 6.67 Å². The molecule has 0 unspecified atom stereocenters. The van der Waals surface area contributed by atoms with Crippen molar-refractivity contribution in [3.63, 3.8) is 0 Å². The van der Waals surface area contributed by atoms with Gasteiger partial charge in [-0.25, -0.2) is 17.6 Å². The van der Waals surface area contributed by atoms with Crippen LogP contribution < -0.4 is 20.7 Å². The number of carbonyl (C=O) groups is 2. The van der Waals surface area contributed by atoms with Gasteiger partial charge in [-0.2, -0.15) is 0 Å². The number of fused-ring (bicyclic) bond motifs is 1. The minimum Gasteiger partial charge on any atom is -0.338 e. The van der Waals surface area contributed by atoms with E-state index in [0.29, 0.717) is 28.7 Å². The number of benzene rings is 3. The topological polar surface area (TPSA) is 116 Å². The third kappa shape index (κ3) is 5.63. The van der Waals surface area contributed by atoms with Gasteiger partial charge in [0.2, 0.25) is 5.91 Å². The summed E-state index contributed by atoms with van der Waals surface area (Å²) in [5.41, 5.74) is 0.0216. The van der Waals surface area contributed by atoms with Crippen molar-refractivity contribution in [2.24, 2.45) is 5.41 Å². The summed E-state index contributed by atoms with van der Waals surface area (Å²) in [6, 6.07) is 15.5. The van der Waals surface area contributed by atoms with Crippen LogP contribution in [0.2, 0.25) is 0 Å². The molecule has 0 fully saturated rings. The molecule has 4 N–H and O–H groups in total. The Bertz CT molecular complexity index is 1310. The zero-order valence-corrected chi connectivity index (χ0v) is 19.9. The maximum absolute atomic E-state index is 13.2. The van der Waals surface area contributed by atoms with Gasteiger partial charge in [0.25, 0.3) is 10.0 Å². The smallest absolute Gasteiger partial charge is 0.319 e. The van der Waals surface area contributed by atoms with E-state index in [9.17, 15) is 22.4 Å². The van der Waals surface area contributed by atoms with Gasteiger partial charge in [0.15, 0.2) is 0 Å². The third-order valence-corrected chi connectivity index (χ3v) is 6.54. The molecule has 180 valence electrons. The predicted molar refractivity (Wildman–Crippen MR) is 132 cm³/mol. The molecule has 0 atom stereocenters. The largest absolute Gasteiger partial charge is 0.338 e. The molecule has 10 heteroatoms. The number of halogens is 1. The maximum atomic E-state index is 13.2. The van der Waals surface area contributed by atoms with Crippen LogP contribution >= 0.6 is 0 Å². The molecule has 3 amide bonds. The second-order valence-electron chi connectivity index (χ2n) is 8.30. The van der Waals surface area contributed by atoms with Crippen LogP contribution in [-0.4, -0.2) is 33.6 Å². The number of amides is 3. The number of nitrogens with one attached hydrogen (secondary N) is 4. The summed E-state index contributed by atoms with van der Waals surface area (Å²) in [5, 5.41) is 9.00. The van der Waals surface area contributed by atoms with Gasteiger partial charge < -0.3 is 16.0 Å². The first-order valence-corrected chi connectivity index (χ1v) is 12.1. The lowest BCUT2D eigenvalue weighted by Gasteiger charge is -2.19. The molecule has 0 aliphatic rings. The zero-order chi connectivity index (χ0) is 24.9. The van der Waals surface area contributed by atoms with Gasteiger partial charge >= 0.3 is 6.03 Å². The molecule has 3 aromatic carbocycles. The van der Waals surface area contributed by atoms with Crippen LogP contribution in [0.4, 0.5) is 26.2 Å². The van der Waals surface area contributed by atoms with Gasteiger partial charge in [0, 0.05) is 28.7 Å². The Morgan fingerprint density at radius 3 is 2.15 bits per heavy atom. The molecule has 0 bridgehead atoms. The van der Waals surface area contributed by atoms with E-state index in [0.717, 1.165) is 0 Å². The highest BCUT2D eigenvalue weighted by Crippen LogP contribution is 2.30. The number of rotatable bonds is 8. The molecular formula is C24H27FN4O4S. The molecule has 0 saturated carbocycles. The van der Waals surface area contributed by atoms with E-state index in [4.69, 9.17) is 0 Å². The summed E-state index contributed by atoms with van der Waals surface area (Å²) in [6.07, 6.45) is 0. The highest BCUT2D eigenvalue weighted by Gasteiger charge is 2.27. The Labute approximate surface area is 198 Å². The maximum Gasteiger partial charge on any atom is 0.319 e. The average molecular weight is 487 g/mol. The van der Waals surface area contributed by atoms with Crippen molar-refractivity contribution in [2.75, 3.05) is 28.6 Å². The van der Waals surface area contributed by atoms with E-state index in [1.807, 2.05) is 0 Å². The standard InChI is InChI=1S/C24H27FN4O4S/c1-4-26-23(31)28-20-9-5-8-19-18(20)7-6-10-21(19)34(32,33)29-17-13-11-16(12-14-17)27-22(30)24(2,3)15-25/h5-14,29H,4,15H2,1-3H3,(H,27,30)(H2,26,28,31). The number of anilines is 3. The number of alkyl halides is 1. The quantitative estimate of drug-likeness (QED) is 0.369. The first-order chi connectivity index (χ1) is 16.1. The van der Waals surface area contributed by atoms with E-state index in [-0.39, 0.29) is 16.6 Å². The van der Waals surface area contributed by atoms with Crippen molar-refractivity contribution in [2.45, 2.75) is 25.7 Å². The molecule has 0 heterocycles. The fraction of sp³-hybridized carbons (Fsp3) is 0.250. The van der Waals surface area contributed by atoms with Crippen molar-refractivity contribution in [1.29, 1.82) is 0 Å². The molecule has 0 spiro atoms. The molecule has 0 aromatic heterocycles. The number of sulfonamides is 1. The van der Waals surface area contributed by atoms with Gasteiger partial charge in [-0.05, 0) is 57.2 Å². The van der Waals surface area contributed by atoms with E-state index < -0.39 is 28.0 Å². The number of urea groups is 1. The molecule has 0 saturated heterocycles. The van der Waals surface area contributed by atoms with E-state index >= 15 is 0 Å². The molecule has 3 aromatic rings. The highest BCUT2D eigenvalue weighted by molar-refractivity contribution is 7.93. The number of hydrogen-bond acceptors (Lipinski definition) is 4. The Morgan fingerprint density at radius 2 is 1.50 bits per heavy atom. The fourth-order valence-electron chi connectivity index (χ4n) is 3.14. The van der Waals surface area contributed by atoms with Crippen LogP contribution in [0, 0.1) is 5.41 Å². The molecular weight excluding hydrogens is 459 g/mol. The summed E-state index contributed by atoms with van der Waals surface area (Å²) in [6.45, 7) is 4.43. The van der Waals surface area contributed by atoms with Crippen molar-refractivity contribution in [1.82, 2.24) is 5.32 Å². The van der Waals surface area contributed by atoms with E-state index in [1.54, 1.807) is 37.3 Å². The molecule has 8 nitrogen and oxygen atoms in total. The minimum absolute atomic E-state index is 0.0478. The fourth-order valence-corrected chi connectivity index (χ4v) is 4.43. The average Bonchev–Trinajstić information content (AvgIpc) is 2.80. The lowest BCUT2D eigenvalue weighted by atomic mass is 9.94. The van der Waals surface area contributed by atoms with Crippen LogP contribution in [0.15, 0.2) is 65.6 Å². The van der Waals surface area contributed by atoms with Crippen molar-refractivity contribution in [3.05, 3.63) is 60.7 Å². The summed E-state index contributed by atoms with van der Waals surface area (Å²) in [4.78, 5) is 24.1. The normalized spacial score (nSPS) is 11.6. The van der Waals surface area contributed by atoms with Gasteiger partial charge in [-0.1, -0.05) is 24.3 Å². The monoisotopic (exact) mass is 486 g/mol. The van der Waals surface area contributed by atoms with Gasteiger partial charge in [-0.3, -0.25) is 9.52 Å². The van der Waals surface area contributed by atoms with Crippen LogP contribution in [-0.2, 0) is 14.8 Å². The Morgan fingerprint density at radius 1 is 0.882 bits per heavy atom. The second-order valence-corrected chi connectivity index (χ2v) is 9.95. The van der Waals surface area contributed by atoms with E-state index in [2.05, 4.69) is 20.7 Å². The number of carbonyl (C=O) groups excluding carboxylic acids is 2. The number of hydrogen-bond donors (Lipinski definition) is 4. The summed E-state index contributed by atoms with van der Waals surface area (Å²) >= 11 is 0. The summed E-state index contributed by atoms with van der Waals surface area (Å²) < 4.78 is 41.9. The lowest BCUT2D eigenvalue weighted by Crippen LogP contribution is -2.32. The molecule has 0 aliphatic heterocycles. The van der Waals surface area contributed by atoms with Crippen molar-refractivity contribution >= 4 is 49.8 Å². The van der Waals surface area contributed by atoms with E-state index in [1.165, 1.54) is 44.2 Å². The van der Waals surface area contributed by atoms with Crippen LogP contribution in [0.25, 0.3) is 10.8 Å². The SMILES string of the molecule is CCNC(=O)Nc1cccc2c(S(=O)(=O)Nc3ccc(NC(=O)C(C)(C)CF)cc3)cccc12. The second kappa shape index (κ2) is 10.1. The summed E-state index contributed by atoms with van der Waals surface area (Å²) in [5.74, 6) is -0.476. The minimum atomic E-state index is -3.97. The Hall–Kier alpha value is -3.66. The molecule has 34 heavy (non-hydrogen) atoms. The lowest BCUT2D eigenvalue weighted by molar-refractivity contribution is -0.124. The van der Waals surface area contributed by atoms with Crippen LogP contribution in [0.1, 0.15) is 20.8 Å². The first-order valence-electron chi connectivity index (χ1n) is 10.6. The van der Waals surface area contributed by atoms with Crippen LogP contribution in [0.3, 0.4) is 0 Å². The van der Waals surface area contributed by atoms with Crippen LogP contribution in [0.5, 0.6) is 0 Å². The Kier molecular flexibility index (Phi) is 7.41. The van der Waals surface area contributed by atoms with Crippen molar-refractivity contribution < 1.29 is 22.4 Å². The van der Waals surface area contributed by atoms with Crippen molar-refractivity contribution in [3.8, 4) is 0 Å². The summed E-state index contributed by atoms with van der Waals surface area (Å²) in [7, 11) is -3.97. The molecule has 0 aliphatic carbocycles.